The van der Waals surface area contributed by atoms with E-state index in [4.69, 9.17) is 0 Å². The number of imidazole rings is 1. The Balaban J connectivity index is 1.65. The fourth-order valence-corrected chi connectivity index (χ4v) is 3.28. The van der Waals surface area contributed by atoms with Gasteiger partial charge in [-0.05, 0) is 42.3 Å². The third-order valence-corrected chi connectivity index (χ3v) is 4.43. The van der Waals surface area contributed by atoms with Gasteiger partial charge in [-0.15, -0.1) is 0 Å². The van der Waals surface area contributed by atoms with Crippen molar-refractivity contribution >= 4 is 34.2 Å². The van der Waals surface area contributed by atoms with Crippen LogP contribution in [0.25, 0.3) is 11.0 Å². The summed E-state index contributed by atoms with van der Waals surface area (Å²) in [6, 6.07) is 10.6. The van der Waals surface area contributed by atoms with Gasteiger partial charge in [0, 0.05) is 30.4 Å². The summed E-state index contributed by atoms with van der Waals surface area (Å²) in [7, 11) is 0. The van der Waals surface area contributed by atoms with E-state index in [-0.39, 0.29) is 17.5 Å². The smallest absolute Gasteiger partial charge is 0.322 e. The zero-order chi connectivity index (χ0) is 17.6. The maximum atomic E-state index is 12.7. The average Bonchev–Trinajstić information content (AvgIpc) is 3.16. The molecule has 0 saturated heterocycles. The summed E-state index contributed by atoms with van der Waals surface area (Å²) < 4.78 is 0. The van der Waals surface area contributed by atoms with Gasteiger partial charge < -0.3 is 20.2 Å². The van der Waals surface area contributed by atoms with E-state index in [1.165, 1.54) is 6.92 Å². The van der Waals surface area contributed by atoms with E-state index >= 15 is 0 Å². The predicted octanol–water partition coefficient (Wildman–Crippen LogP) is 2.02. The molecule has 0 unspecified atom stereocenters. The standard InChI is InChI=1S/C18H16N4O3/c1-10(23)22-8-7-12-13(3-2-4-16(12)22)17(24)19-11-5-6-14-15(9-11)21-18(25)20-14/h2-6,9H,7-8H2,1H3,(H,19,24)(H2,20,21,25). The van der Waals surface area contributed by atoms with Crippen molar-refractivity contribution in [3.8, 4) is 0 Å². The Morgan fingerprint density at radius 2 is 1.92 bits per heavy atom. The van der Waals surface area contributed by atoms with Crippen molar-refractivity contribution in [3.63, 3.8) is 0 Å². The summed E-state index contributed by atoms with van der Waals surface area (Å²) in [5.41, 5.74) is 3.85. The van der Waals surface area contributed by atoms with E-state index in [0.717, 1.165) is 11.3 Å². The zero-order valence-corrected chi connectivity index (χ0v) is 13.6. The molecular formula is C18H16N4O3. The van der Waals surface area contributed by atoms with Crippen molar-refractivity contribution in [2.75, 3.05) is 16.8 Å². The Hall–Kier alpha value is -3.35. The Kier molecular flexibility index (Phi) is 3.42. The normalized spacial score (nSPS) is 13.1. The molecule has 7 heteroatoms. The molecule has 2 heterocycles. The van der Waals surface area contributed by atoms with Crippen LogP contribution in [-0.2, 0) is 11.2 Å². The van der Waals surface area contributed by atoms with E-state index < -0.39 is 0 Å². The zero-order valence-electron chi connectivity index (χ0n) is 13.6. The highest BCUT2D eigenvalue weighted by molar-refractivity contribution is 6.08. The molecule has 0 spiro atoms. The average molecular weight is 336 g/mol. The quantitative estimate of drug-likeness (QED) is 0.668. The Morgan fingerprint density at radius 3 is 2.72 bits per heavy atom. The van der Waals surface area contributed by atoms with Gasteiger partial charge in [0.1, 0.15) is 0 Å². The van der Waals surface area contributed by atoms with Crippen molar-refractivity contribution < 1.29 is 9.59 Å². The second-order valence-corrected chi connectivity index (χ2v) is 6.02. The van der Waals surface area contributed by atoms with E-state index in [1.807, 2.05) is 6.07 Å². The molecule has 126 valence electrons. The van der Waals surface area contributed by atoms with Crippen LogP contribution in [-0.4, -0.2) is 28.3 Å². The number of hydrogen-bond acceptors (Lipinski definition) is 3. The molecule has 1 aliphatic rings. The van der Waals surface area contributed by atoms with Crippen molar-refractivity contribution in [2.24, 2.45) is 0 Å². The Morgan fingerprint density at radius 1 is 1.12 bits per heavy atom. The summed E-state index contributed by atoms with van der Waals surface area (Å²) >= 11 is 0. The van der Waals surface area contributed by atoms with Crippen LogP contribution in [0.2, 0.25) is 0 Å². The van der Waals surface area contributed by atoms with Crippen molar-refractivity contribution in [3.05, 3.63) is 58.0 Å². The van der Waals surface area contributed by atoms with Crippen molar-refractivity contribution in [2.45, 2.75) is 13.3 Å². The minimum atomic E-state index is -0.288. The van der Waals surface area contributed by atoms with E-state index in [9.17, 15) is 14.4 Å². The summed E-state index contributed by atoms with van der Waals surface area (Å²) in [5, 5.41) is 2.86. The number of anilines is 2. The third-order valence-electron chi connectivity index (χ3n) is 4.43. The molecule has 2 amide bonds. The van der Waals surface area contributed by atoms with Gasteiger partial charge in [-0.1, -0.05) is 6.07 Å². The maximum Gasteiger partial charge on any atom is 0.323 e. The van der Waals surface area contributed by atoms with Gasteiger partial charge in [0.2, 0.25) is 5.91 Å². The molecule has 1 aromatic heterocycles. The molecule has 3 N–H and O–H groups in total. The molecule has 0 atom stereocenters. The van der Waals surface area contributed by atoms with Crippen molar-refractivity contribution in [1.29, 1.82) is 0 Å². The number of H-pyrrole nitrogens is 2. The molecule has 1 aliphatic heterocycles. The number of aromatic nitrogens is 2. The number of carbonyl (C=O) groups is 2. The van der Waals surface area contributed by atoms with Crippen LogP contribution in [0, 0.1) is 0 Å². The lowest BCUT2D eigenvalue weighted by atomic mass is 10.0. The van der Waals surface area contributed by atoms with Crippen molar-refractivity contribution in [1.82, 2.24) is 9.97 Å². The van der Waals surface area contributed by atoms with Gasteiger partial charge >= 0.3 is 5.69 Å². The lowest BCUT2D eigenvalue weighted by Crippen LogP contribution is -2.25. The van der Waals surface area contributed by atoms with E-state index in [2.05, 4.69) is 15.3 Å². The second kappa shape index (κ2) is 5.62. The summed E-state index contributed by atoms with van der Waals surface area (Å²) in [5.74, 6) is -0.266. The van der Waals surface area contributed by atoms with Gasteiger partial charge in [0.05, 0.1) is 11.0 Å². The number of benzene rings is 2. The number of hydrogen-bond donors (Lipinski definition) is 3. The summed E-state index contributed by atoms with van der Waals surface area (Å²) in [4.78, 5) is 42.7. The molecule has 0 radical (unpaired) electrons. The maximum absolute atomic E-state index is 12.7. The number of nitrogens with zero attached hydrogens (tertiary/aromatic N) is 1. The van der Waals surface area contributed by atoms with Gasteiger partial charge in [-0.25, -0.2) is 4.79 Å². The first-order valence-electron chi connectivity index (χ1n) is 7.96. The lowest BCUT2D eigenvalue weighted by Gasteiger charge is -2.15. The molecule has 0 aliphatic carbocycles. The molecular weight excluding hydrogens is 320 g/mol. The highest BCUT2D eigenvalue weighted by Crippen LogP contribution is 2.31. The SMILES string of the molecule is CC(=O)N1CCc2c(C(=O)Nc3ccc4[nH]c(=O)[nH]c4c3)cccc21. The molecule has 7 nitrogen and oxygen atoms in total. The van der Waals surface area contributed by atoms with Crippen LogP contribution < -0.4 is 15.9 Å². The first-order valence-corrected chi connectivity index (χ1v) is 7.96. The monoisotopic (exact) mass is 336 g/mol. The lowest BCUT2D eigenvalue weighted by molar-refractivity contribution is -0.116. The molecule has 0 bridgehead atoms. The first kappa shape index (κ1) is 15.2. The van der Waals surface area contributed by atoms with Gasteiger partial charge in [0.25, 0.3) is 5.91 Å². The number of aromatic amines is 2. The summed E-state index contributed by atoms with van der Waals surface area (Å²) in [6.45, 7) is 2.11. The number of rotatable bonds is 2. The number of nitrogens with one attached hydrogen (secondary N) is 3. The van der Waals surface area contributed by atoms with Crippen LogP contribution in [0.1, 0.15) is 22.8 Å². The molecule has 2 aromatic carbocycles. The Bertz CT molecular complexity index is 1060. The largest absolute Gasteiger partial charge is 0.323 e. The summed E-state index contributed by atoms with van der Waals surface area (Å²) in [6.07, 6.45) is 0.655. The third kappa shape index (κ3) is 2.59. The Labute approximate surface area is 142 Å². The van der Waals surface area contributed by atoms with Crippen LogP contribution in [0.3, 0.4) is 0 Å². The van der Waals surface area contributed by atoms with Gasteiger partial charge in [-0.2, -0.15) is 0 Å². The number of amides is 2. The fourth-order valence-electron chi connectivity index (χ4n) is 3.28. The fraction of sp³-hybridized carbons (Fsp3) is 0.167. The van der Waals surface area contributed by atoms with E-state index in [1.54, 1.807) is 35.2 Å². The minimum absolute atomic E-state index is 0.0295. The molecule has 4 rings (SSSR count). The second-order valence-electron chi connectivity index (χ2n) is 6.02. The predicted molar refractivity (Wildman–Crippen MR) is 95.0 cm³/mol. The number of fused-ring (bicyclic) bond motifs is 2. The van der Waals surface area contributed by atoms with E-state index in [0.29, 0.717) is 35.2 Å². The van der Waals surface area contributed by atoms with Crippen LogP contribution >= 0.6 is 0 Å². The van der Waals surface area contributed by atoms with Crippen LogP contribution in [0.15, 0.2) is 41.2 Å². The first-order chi connectivity index (χ1) is 12.0. The van der Waals surface area contributed by atoms with Gasteiger partial charge in [0.15, 0.2) is 0 Å². The van der Waals surface area contributed by atoms with Crippen LogP contribution in [0.5, 0.6) is 0 Å². The van der Waals surface area contributed by atoms with Crippen LogP contribution in [0.4, 0.5) is 11.4 Å². The van der Waals surface area contributed by atoms with Gasteiger partial charge in [-0.3, -0.25) is 9.59 Å². The molecule has 0 saturated carbocycles. The molecule has 25 heavy (non-hydrogen) atoms. The highest BCUT2D eigenvalue weighted by atomic mass is 16.2. The minimum Gasteiger partial charge on any atom is -0.322 e. The molecule has 3 aromatic rings. The molecule has 0 fully saturated rings. The highest BCUT2D eigenvalue weighted by Gasteiger charge is 2.26. The topological polar surface area (TPSA) is 98.1 Å². The number of carbonyl (C=O) groups excluding carboxylic acids is 2.